The Morgan fingerprint density at radius 2 is 0.903 bits per heavy atom. The predicted molar refractivity (Wildman–Crippen MR) is 130 cm³/mol. The lowest BCUT2D eigenvalue weighted by atomic mass is 10.0. The second-order valence-electron chi connectivity index (χ2n) is 7.56. The van der Waals surface area contributed by atoms with E-state index in [1.807, 2.05) is 12.1 Å². The molecule has 0 saturated heterocycles. The monoisotopic (exact) mass is 426 g/mol. The van der Waals surface area contributed by atoms with Crippen molar-refractivity contribution in [3.8, 4) is 33.8 Å². The van der Waals surface area contributed by atoms with Crippen LogP contribution in [0.15, 0.2) is 94.7 Å². The van der Waals surface area contributed by atoms with Crippen molar-refractivity contribution in [3.63, 3.8) is 0 Å². The maximum atomic E-state index is 5.51. The molecule has 156 valence electrons. The van der Waals surface area contributed by atoms with Crippen molar-refractivity contribution in [2.24, 2.45) is 0 Å². The molecule has 0 aliphatic heterocycles. The van der Waals surface area contributed by atoms with E-state index in [-0.39, 0.29) is 0 Å². The summed E-state index contributed by atoms with van der Waals surface area (Å²) in [5, 5.41) is 0. The van der Waals surface area contributed by atoms with Crippen LogP contribution in [0.5, 0.6) is 11.5 Å². The molecule has 0 aromatic heterocycles. The van der Waals surface area contributed by atoms with E-state index < -0.39 is 0 Å². The molecule has 0 aliphatic rings. The first-order valence-corrected chi connectivity index (χ1v) is 11.1. The third kappa shape index (κ3) is 4.78. The van der Waals surface area contributed by atoms with Gasteiger partial charge in [0.25, 0.3) is 0 Å². The van der Waals surface area contributed by atoms with Gasteiger partial charge in [0.05, 0.1) is 14.2 Å². The van der Waals surface area contributed by atoms with Crippen molar-refractivity contribution in [2.45, 2.75) is 23.6 Å². The molecule has 2 nitrogen and oxygen atoms in total. The lowest BCUT2D eigenvalue weighted by Gasteiger charge is -2.15. The Hall–Kier alpha value is -3.17. The summed E-state index contributed by atoms with van der Waals surface area (Å²) in [6.07, 6.45) is 0. The second kappa shape index (κ2) is 9.32. The molecule has 4 aromatic rings. The molecule has 0 unspecified atom stereocenters. The van der Waals surface area contributed by atoms with Crippen molar-refractivity contribution >= 4 is 11.8 Å². The van der Waals surface area contributed by atoms with Crippen molar-refractivity contribution in [1.82, 2.24) is 0 Å². The van der Waals surface area contributed by atoms with Gasteiger partial charge in [-0.15, -0.1) is 0 Å². The summed E-state index contributed by atoms with van der Waals surface area (Å²) in [5.41, 5.74) is 7.18. The Kier molecular flexibility index (Phi) is 6.34. The minimum absolute atomic E-state index is 0.855. The van der Waals surface area contributed by atoms with Gasteiger partial charge in [-0.25, -0.2) is 0 Å². The molecular formula is C28H26O2S. The number of aryl methyl sites for hydroxylation is 2. The lowest BCUT2D eigenvalue weighted by molar-refractivity contribution is 0.414. The Balaban J connectivity index is 1.80. The van der Waals surface area contributed by atoms with Gasteiger partial charge in [-0.05, 0) is 72.5 Å². The molecule has 0 aliphatic carbocycles. The van der Waals surface area contributed by atoms with Gasteiger partial charge < -0.3 is 9.47 Å². The normalized spacial score (nSPS) is 10.7. The molecule has 0 atom stereocenters. The molecule has 0 spiro atoms. The molecule has 31 heavy (non-hydrogen) atoms. The summed E-state index contributed by atoms with van der Waals surface area (Å²) in [7, 11) is 3.42. The molecule has 0 saturated carbocycles. The quantitative estimate of drug-likeness (QED) is 0.313. The highest BCUT2D eigenvalue weighted by molar-refractivity contribution is 7.99. The molecule has 0 radical (unpaired) electrons. The predicted octanol–water partition coefficient (Wildman–Crippen LogP) is 7.81. The van der Waals surface area contributed by atoms with Gasteiger partial charge in [0.15, 0.2) is 0 Å². The van der Waals surface area contributed by atoms with Gasteiger partial charge in [0.1, 0.15) is 11.5 Å². The van der Waals surface area contributed by atoms with Crippen molar-refractivity contribution < 1.29 is 9.47 Å². The number of hydrogen-bond donors (Lipinski definition) is 0. The zero-order valence-electron chi connectivity index (χ0n) is 18.3. The first-order valence-electron chi connectivity index (χ1n) is 10.3. The summed E-state index contributed by atoms with van der Waals surface area (Å²) in [6, 6.07) is 29.8. The SMILES string of the molecule is COc1ccc(Sc2ccc(OC)cc2-c2ccc(C)cc2)c(-c2ccc(C)cc2)c1. The van der Waals surface area contributed by atoms with E-state index in [0.717, 1.165) is 22.6 Å². The third-order valence-electron chi connectivity index (χ3n) is 5.32. The van der Waals surface area contributed by atoms with E-state index in [1.165, 1.54) is 32.0 Å². The Labute approximate surface area is 188 Å². The van der Waals surface area contributed by atoms with Crippen LogP contribution in [0.3, 0.4) is 0 Å². The molecule has 0 bridgehead atoms. The minimum Gasteiger partial charge on any atom is -0.497 e. The van der Waals surface area contributed by atoms with Gasteiger partial charge >= 0.3 is 0 Å². The summed E-state index contributed by atoms with van der Waals surface area (Å²) < 4.78 is 11.0. The molecule has 0 N–H and O–H groups in total. The van der Waals surface area contributed by atoms with Gasteiger partial charge in [0.2, 0.25) is 0 Å². The van der Waals surface area contributed by atoms with Crippen LogP contribution < -0.4 is 9.47 Å². The Morgan fingerprint density at radius 1 is 0.516 bits per heavy atom. The van der Waals surface area contributed by atoms with E-state index in [2.05, 4.69) is 86.6 Å². The van der Waals surface area contributed by atoms with E-state index >= 15 is 0 Å². The van der Waals surface area contributed by atoms with E-state index in [1.54, 1.807) is 26.0 Å². The molecule has 4 rings (SSSR count). The molecular weight excluding hydrogens is 400 g/mol. The fraction of sp³-hybridized carbons (Fsp3) is 0.143. The van der Waals surface area contributed by atoms with Gasteiger partial charge in [-0.1, -0.05) is 71.4 Å². The van der Waals surface area contributed by atoms with Gasteiger partial charge in [0, 0.05) is 9.79 Å². The summed E-state index contributed by atoms with van der Waals surface area (Å²) in [5.74, 6) is 1.71. The van der Waals surface area contributed by atoms with E-state index in [9.17, 15) is 0 Å². The van der Waals surface area contributed by atoms with Gasteiger partial charge in [-0.2, -0.15) is 0 Å². The van der Waals surface area contributed by atoms with Crippen molar-refractivity contribution in [1.29, 1.82) is 0 Å². The second-order valence-corrected chi connectivity index (χ2v) is 8.64. The molecule has 0 amide bonds. The van der Waals surface area contributed by atoms with Crippen molar-refractivity contribution in [3.05, 3.63) is 96.1 Å². The lowest BCUT2D eigenvalue weighted by Crippen LogP contribution is -1.90. The Bertz CT molecular complexity index is 1080. The van der Waals surface area contributed by atoms with E-state index in [4.69, 9.17) is 9.47 Å². The fourth-order valence-electron chi connectivity index (χ4n) is 3.49. The third-order valence-corrected chi connectivity index (χ3v) is 6.47. The molecule has 0 heterocycles. The van der Waals surface area contributed by atoms with Crippen LogP contribution in [0.1, 0.15) is 11.1 Å². The molecule has 0 fully saturated rings. The summed E-state index contributed by atoms with van der Waals surface area (Å²) >= 11 is 1.77. The zero-order valence-corrected chi connectivity index (χ0v) is 19.1. The number of methoxy groups -OCH3 is 2. The first kappa shape index (κ1) is 21.1. The zero-order chi connectivity index (χ0) is 21.8. The highest BCUT2D eigenvalue weighted by Crippen LogP contribution is 2.43. The van der Waals surface area contributed by atoms with Crippen LogP contribution in [0.4, 0.5) is 0 Å². The maximum absolute atomic E-state index is 5.51. The van der Waals surface area contributed by atoms with Crippen LogP contribution in [0.25, 0.3) is 22.3 Å². The van der Waals surface area contributed by atoms with Crippen LogP contribution in [-0.4, -0.2) is 14.2 Å². The van der Waals surface area contributed by atoms with Crippen molar-refractivity contribution in [2.75, 3.05) is 14.2 Å². The largest absolute Gasteiger partial charge is 0.497 e. The highest BCUT2D eigenvalue weighted by atomic mass is 32.2. The van der Waals surface area contributed by atoms with E-state index in [0.29, 0.717) is 0 Å². The van der Waals surface area contributed by atoms with Gasteiger partial charge in [-0.3, -0.25) is 0 Å². The first-order chi connectivity index (χ1) is 15.1. The number of benzene rings is 4. The average molecular weight is 427 g/mol. The highest BCUT2D eigenvalue weighted by Gasteiger charge is 2.13. The molecule has 4 aromatic carbocycles. The van der Waals surface area contributed by atoms with Crippen LogP contribution in [-0.2, 0) is 0 Å². The minimum atomic E-state index is 0.855. The van der Waals surface area contributed by atoms with Crippen LogP contribution in [0, 0.1) is 13.8 Å². The number of rotatable bonds is 6. The van der Waals surface area contributed by atoms with Crippen LogP contribution >= 0.6 is 11.8 Å². The smallest absolute Gasteiger partial charge is 0.119 e. The maximum Gasteiger partial charge on any atom is 0.119 e. The molecule has 3 heteroatoms. The van der Waals surface area contributed by atoms with Crippen LogP contribution in [0.2, 0.25) is 0 Å². The average Bonchev–Trinajstić information content (AvgIpc) is 2.81. The topological polar surface area (TPSA) is 18.5 Å². The number of ether oxygens (including phenoxy) is 2. The Morgan fingerprint density at radius 3 is 1.26 bits per heavy atom. The fourth-order valence-corrected chi connectivity index (χ4v) is 4.57. The standard InChI is InChI=1S/C28H26O2S/c1-19-5-9-21(10-6-19)25-17-23(29-3)13-15-27(25)31-28-16-14-24(30-4)18-26(28)22-11-7-20(2)8-12-22/h5-18H,1-4H3. The summed E-state index contributed by atoms with van der Waals surface area (Å²) in [6.45, 7) is 4.21. The number of hydrogen-bond acceptors (Lipinski definition) is 3. The summed E-state index contributed by atoms with van der Waals surface area (Å²) in [4.78, 5) is 2.37.